The third-order valence-electron chi connectivity index (χ3n) is 8.92. The minimum Gasteiger partial charge on any atom is -0.449 e. The zero-order valence-corrected chi connectivity index (χ0v) is 33.3. The summed E-state index contributed by atoms with van der Waals surface area (Å²) in [5.74, 6) is -3.56. The normalized spacial score (nSPS) is 18.3. The maximum atomic E-state index is 14.4. The van der Waals surface area contributed by atoms with Crippen LogP contribution < -0.4 is 15.5 Å². The van der Waals surface area contributed by atoms with E-state index in [9.17, 15) is 28.5 Å². The molecule has 4 atom stereocenters. The van der Waals surface area contributed by atoms with Gasteiger partial charge in [-0.2, -0.15) is 0 Å². The Bertz CT molecular complexity index is 1640. The van der Waals surface area contributed by atoms with Gasteiger partial charge in [-0.15, -0.1) is 0 Å². The number of hydrogen-bond donors (Lipinski definition) is 2. The predicted molar refractivity (Wildman–Crippen MR) is 202 cm³/mol. The predicted octanol–water partition coefficient (Wildman–Crippen LogP) is 3.42. The lowest BCUT2D eigenvalue weighted by Crippen LogP contribution is -2.61. The van der Waals surface area contributed by atoms with Gasteiger partial charge in [-0.25, -0.2) is 14.8 Å². The summed E-state index contributed by atoms with van der Waals surface area (Å²) in [7, 11) is -1.79. The molecule has 2 fully saturated rings. The number of piperazine rings is 1. The SMILES string of the molecule is CCCCOC(=O)N1CCNCC1C(=O)C(C[PH](=O)OC(OC(=O)C(C)C)OC(=O)C(C)C)NC(=O)c1cc(N2CCC(OC)C2)nc(-c2ccccc2)n1. The molecular weight excluding hydrogens is 735 g/mol. The van der Waals surface area contributed by atoms with Crippen LogP contribution in [-0.4, -0.2) is 122 Å². The summed E-state index contributed by atoms with van der Waals surface area (Å²) >= 11 is 0. The Hall–Kier alpha value is -4.44. The molecule has 2 aliphatic heterocycles. The maximum absolute atomic E-state index is 14.4. The van der Waals surface area contributed by atoms with E-state index in [0.29, 0.717) is 37.4 Å². The van der Waals surface area contributed by atoms with E-state index in [4.69, 9.17) is 28.5 Å². The van der Waals surface area contributed by atoms with Gasteiger partial charge in [-0.1, -0.05) is 71.4 Å². The van der Waals surface area contributed by atoms with Crippen LogP contribution in [0, 0.1) is 11.8 Å². The fraction of sp³-hybridized carbons (Fsp3) is 0.595. The molecule has 4 unspecified atom stereocenters. The smallest absolute Gasteiger partial charge is 0.410 e. The van der Waals surface area contributed by atoms with E-state index in [-0.39, 0.29) is 37.3 Å². The van der Waals surface area contributed by atoms with Gasteiger partial charge in [0.1, 0.15) is 17.6 Å². The summed E-state index contributed by atoms with van der Waals surface area (Å²) in [6.07, 6.45) is 0.840. The zero-order valence-electron chi connectivity index (χ0n) is 32.3. The number of unbranched alkanes of at least 4 members (excludes halogenated alkanes) is 1. The Labute approximate surface area is 322 Å². The number of nitrogens with zero attached hydrogens (tertiary/aromatic N) is 4. The molecule has 0 radical (unpaired) electrons. The molecule has 2 N–H and O–H groups in total. The summed E-state index contributed by atoms with van der Waals surface area (Å²) in [5.41, 5.74) is 0.575. The number of ether oxygens (including phenoxy) is 4. The summed E-state index contributed by atoms with van der Waals surface area (Å²) in [6, 6.07) is 7.95. The Kier molecular flexibility index (Phi) is 16.5. The summed E-state index contributed by atoms with van der Waals surface area (Å²) in [4.78, 5) is 79.1. The molecule has 1 aromatic carbocycles. The molecule has 0 saturated carbocycles. The molecule has 0 aliphatic carbocycles. The van der Waals surface area contributed by atoms with Crippen LogP contribution in [0.4, 0.5) is 10.6 Å². The van der Waals surface area contributed by atoms with Crippen LogP contribution in [0.25, 0.3) is 11.4 Å². The number of rotatable bonds is 18. The van der Waals surface area contributed by atoms with Crippen molar-refractivity contribution in [3.63, 3.8) is 0 Å². The number of Topliss-reactive ketones (excluding diaryl/α,β-unsaturated/α-hetero) is 1. The highest BCUT2D eigenvalue weighted by molar-refractivity contribution is 7.39. The van der Waals surface area contributed by atoms with Gasteiger partial charge in [0.25, 0.3) is 5.91 Å². The molecule has 2 saturated heterocycles. The Morgan fingerprint density at radius 3 is 2.31 bits per heavy atom. The van der Waals surface area contributed by atoms with Crippen molar-refractivity contribution in [2.45, 2.75) is 78.5 Å². The quantitative estimate of drug-likeness (QED) is 0.0962. The number of nitrogens with one attached hydrogen (secondary N) is 2. The van der Waals surface area contributed by atoms with Crippen molar-refractivity contribution in [2.75, 3.05) is 57.5 Å². The second kappa shape index (κ2) is 21.0. The van der Waals surface area contributed by atoms with Gasteiger partial charge in [0.2, 0.25) is 8.03 Å². The Balaban J connectivity index is 1.67. The molecule has 2 aromatic rings. The van der Waals surface area contributed by atoms with Crippen molar-refractivity contribution in [2.24, 2.45) is 11.8 Å². The summed E-state index contributed by atoms with van der Waals surface area (Å²) in [6.45, 7) is 8.05. The van der Waals surface area contributed by atoms with E-state index in [0.717, 1.165) is 12.8 Å². The lowest BCUT2D eigenvalue weighted by Gasteiger charge is -2.36. The number of ketones is 1. The highest BCUT2D eigenvalue weighted by atomic mass is 31.1. The van der Waals surface area contributed by atoms with Crippen LogP contribution in [0.2, 0.25) is 0 Å². The van der Waals surface area contributed by atoms with Crippen LogP contribution in [0.1, 0.15) is 64.4 Å². The number of anilines is 1. The minimum atomic E-state index is -3.42. The number of carbonyl (C=O) groups excluding carboxylic acids is 5. The molecule has 17 nitrogen and oxygen atoms in total. The molecular formula is C37H53N6O11P. The number of carbonyl (C=O) groups is 5. The van der Waals surface area contributed by atoms with Gasteiger partial charge >= 0.3 is 24.5 Å². The molecule has 0 spiro atoms. The van der Waals surface area contributed by atoms with Crippen LogP contribution in [-0.2, 0) is 42.4 Å². The van der Waals surface area contributed by atoms with E-state index in [2.05, 4.69) is 15.6 Å². The average Bonchev–Trinajstić information content (AvgIpc) is 3.67. The van der Waals surface area contributed by atoms with Crippen molar-refractivity contribution in [1.82, 2.24) is 25.5 Å². The van der Waals surface area contributed by atoms with Crippen LogP contribution in [0.3, 0.4) is 0 Å². The third kappa shape index (κ3) is 12.5. The fourth-order valence-corrected chi connectivity index (χ4v) is 6.71. The molecule has 3 heterocycles. The van der Waals surface area contributed by atoms with Gasteiger partial charge in [0, 0.05) is 57.6 Å². The van der Waals surface area contributed by atoms with Crippen molar-refractivity contribution in [3.8, 4) is 11.4 Å². The van der Waals surface area contributed by atoms with Gasteiger partial charge in [0.05, 0.1) is 30.6 Å². The summed E-state index contributed by atoms with van der Waals surface area (Å²) in [5, 5.41) is 5.78. The topological polar surface area (TPSA) is 205 Å². The monoisotopic (exact) mass is 788 g/mol. The number of methoxy groups -OCH3 is 1. The zero-order chi connectivity index (χ0) is 40.1. The first-order chi connectivity index (χ1) is 26.3. The van der Waals surface area contributed by atoms with Crippen molar-refractivity contribution >= 4 is 43.6 Å². The minimum absolute atomic E-state index is 0.0297. The highest BCUT2D eigenvalue weighted by Crippen LogP contribution is 2.30. The number of hydrogen-bond acceptors (Lipinski definition) is 15. The van der Waals surface area contributed by atoms with Gasteiger partial charge < -0.3 is 34.5 Å². The second-order valence-electron chi connectivity index (χ2n) is 13.9. The fourth-order valence-electron chi connectivity index (χ4n) is 5.66. The largest absolute Gasteiger partial charge is 0.449 e. The van der Waals surface area contributed by atoms with E-state index >= 15 is 0 Å². The standard InChI is InChI=1S/C37H53N6O11P/c1-7-8-18-51-36(48)43-17-15-38-20-29(43)31(44)28(22-55(49)54-37(52-34(46)23(2)3)53-35(47)24(4)5)40-33(45)27-19-30(42-16-14-26(21-42)50-6)41-32(39-27)25-12-10-9-11-13-25/h9-13,19,23-24,26,28-29,37-38,55H,7-8,14-18,20-22H2,1-6H3,(H,40,45). The van der Waals surface area contributed by atoms with E-state index in [1.165, 1.54) is 11.0 Å². The molecule has 2 amide bonds. The van der Waals surface area contributed by atoms with E-state index in [1.807, 2.05) is 30.0 Å². The maximum Gasteiger partial charge on any atom is 0.410 e. The average molecular weight is 789 g/mol. The lowest BCUT2D eigenvalue weighted by molar-refractivity contribution is -0.238. The van der Waals surface area contributed by atoms with Crippen LogP contribution in [0.15, 0.2) is 36.4 Å². The molecule has 4 rings (SSSR count). The van der Waals surface area contributed by atoms with E-state index in [1.54, 1.807) is 46.9 Å². The first kappa shape index (κ1) is 43.3. The number of benzene rings is 1. The van der Waals surface area contributed by atoms with Crippen molar-refractivity contribution < 1.29 is 52.0 Å². The van der Waals surface area contributed by atoms with Crippen molar-refractivity contribution in [3.05, 3.63) is 42.1 Å². The lowest BCUT2D eigenvalue weighted by atomic mass is 10.0. The number of aromatic nitrogens is 2. The number of esters is 2. The van der Waals surface area contributed by atoms with Crippen molar-refractivity contribution in [1.29, 1.82) is 0 Å². The van der Waals surface area contributed by atoms with Gasteiger partial charge in [0.15, 0.2) is 11.6 Å². The van der Waals surface area contributed by atoms with Crippen LogP contribution in [0.5, 0.6) is 0 Å². The molecule has 0 bridgehead atoms. The summed E-state index contributed by atoms with van der Waals surface area (Å²) < 4.78 is 40.5. The molecule has 18 heteroatoms. The second-order valence-corrected chi connectivity index (χ2v) is 15.3. The highest BCUT2D eigenvalue weighted by Gasteiger charge is 2.39. The third-order valence-corrected chi connectivity index (χ3v) is 10.1. The number of amides is 2. The van der Waals surface area contributed by atoms with Crippen LogP contribution >= 0.6 is 8.03 Å². The Morgan fingerprint density at radius 1 is 1.00 bits per heavy atom. The first-order valence-electron chi connectivity index (χ1n) is 18.6. The van der Waals surface area contributed by atoms with E-state index < -0.39 is 74.3 Å². The van der Waals surface area contributed by atoms with Gasteiger partial charge in [-0.3, -0.25) is 33.2 Å². The Morgan fingerprint density at radius 2 is 1.69 bits per heavy atom. The molecule has 302 valence electrons. The molecule has 1 aromatic heterocycles. The molecule has 2 aliphatic rings. The first-order valence-corrected chi connectivity index (χ1v) is 20.1. The molecule has 55 heavy (non-hydrogen) atoms. The van der Waals surface area contributed by atoms with Gasteiger partial charge in [-0.05, 0) is 12.8 Å².